The highest BCUT2D eigenvalue weighted by Gasteiger charge is 2.12. The van der Waals surface area contributed by atoms with Crippen LogP contribution in [0.1, 0.15) is 27.0 Å². The van der Waals surface area contributed by atoms with E-state index in [-0.39, 0.29) is 11.9 Å². The molecule has 4 heteroatoms. The number of hydrogen-bond donors (Lipinski definition) is 1. The van der Waals surface area contributed by atoms with Crippen LogP contribution in [-0.2, 0) is 0 Å². The summed E-state index contributed by atoms with van der Waals surface area (Å²) in [6, 6.07) is 1.93. The first kappa shape index (κ1) is 11.5. The first-order valence-electron chi connectivity index (χ1n) is 4.48. The van der Waals surface area contributed by atoms with Crippen LogP contribution in [0.3, 0.4) is 0 Å². The lowest BCUT2D eigenvalue weighted by Crippen LogP contribution is -2.33. The third kappa shape index (κ3) is 2.72. The average molecular weight is 232 g/mol. The highest BCUT2D eigenvalue weighted by Crippen LogP contribution is 2.20. The molecule has 0 fully saturated rings. The molecule has 14 heavy (non-hydrogen) atoms. The first-order valence-corrected chi connectivity index (χ1v) is 5.83. The molecule has 1 unspecified atom stereocenters. The molecule has 0 saturated heterocycles. The molecule has 1 N–H and O–H groups in total. The summed E-state index contributed by atoms with van der Waals surface area (Å²) in [7, 11) is 0. The maximum atomic E-state index is 11.6. The molecule has 1 aromatic heterocycles. The molecule has 1 amide bonds. The van der Waals surface area contributed by atoms with Crippen LogP contribution in [0.25, 0.3) is 0 Å². The lowest BCUT2D eigenvalue weighted by atomic mass is 10.2. The number of alkyl halides is 1. The van der Waals surface area contributed by atoms with Crippen LogP contribution in [0.5, 0.6) is 0 Å². The third-order valence-corrected chi connectivity index (χ3v) is 3.61. The largest absolute Gasteiger partial charge is 0.348 e. The van der Waals surface area contributed by atoms with E-state index in [9.17, 15) is 4.79 Å². The second kappa shape index (κ2) is 4.80. The van der Waals surface area contributed by atoms with Gasteiger partial charge in [0.25, 0.3) is 5.91 Å². The van der Waals surface area contributed by atoms with Gasteiger partial charge in [-0.2, -0.15) is 0 Å². The second-order valence-electron chi connectivity index (χ2n) is 3.38. The third-order valence-electron chi connectivity index (χ3n) is 2.00. The van der Waals surface area contributed by atoms with Crippen molar-refractivity contribution < 1.29 is 4.79 Å². The van der Waals surface area contributed by atoms with Crippen molar-refractivity contribution in [1.29, 1.82) is 0 Å². The number of carbonyl (C=O) groups excluding carboxylic acids is 1. The molecule has 2 nitrogen and oxygen atoms in total. The molecule has 78 valence electrons. The zero-order valence-electron chi connectivity index (χ0n) is 8.56. The Morgan fingerprint density at radius 2 is 2.29 bits per heavy atom. The van der Waals surface area contributed by atoms with Crippen molar-refractivity contribution in [3.63, 3.8) is 0 Å². The second-order valence-corrected chi connectivity index (χ2v) is 4.94. The fraction of sp³-hybridized carbons (Fsp3) is 0.500. The minimum atomic E-state index is -0.0284. The van der Waals surface area contributed by atoms with E-state index < -0.39 is 0 Å². The van der Waals surface area contributed by atoms with Crippen LogP contribution in [0.4, 0.5) is 0 Å². The molecule has 1 atom stereocenters. The van der Waals surface area contributed by atoms with E-state index in [1.807, 2.05) is 26.8 Å². The molecule has 0 aliphatic rings. The molecule has 0 aliphatic heterocycles. The fourth-order valence-corrected chi connectivity index (χ4v) is 2.03. The Morgan fingerprint density at radius 3 is 2.71 bits per heavy atom. The summed E-state index contributed by atoms with van der Waals surface area (Å²) in [6.45, 7) is 5.91. The van der Waals surface area contributed by atoms with E-state index >= 15 is 0 Å². The van der Waals surface area contributed by atoms with Crippen LogP contribution in [0, 0.1) is 13.8 Å². The standard InChI is InChI=1S/C10H14ClNOS/c1-6-4-9(14-8(6)3)10(13)12-7(2)5-11/h4,7H,5H2,1-3H3,(H,12,13). The van der Waals surface area contributed by atoms with Crippen LogP contribution < -0.4 is 5.32 Å². The zero-order chi connectivity index (χ0) is 10.7. The number of rotatable bonds is 3. The topological polar surface area (TPSA) is 29.1 Å². The lowest BCUT2D eigenvalue weighted by Gasteiger charge is -2.08. The van der Waals surface area contributed by atoms with Gasteiger partial charge in [0.1, 0.15) is 0 Å². The van der Waals surface area contributed by atoms with E-state index in [1.165, 1.54) is 21.8 Å². The SMILES string of the molecule is Cc1cc(C(=O)NC(C)CCl)sc1C. The van der Waals surface area contributed by atoms with Gasteiger partial charge in [0.05, 0.1) is 4.88 Å². The fourth-order valence-electron chi connectivity index (χ4n) is 1.02. The maximum Gasteiger partial charge on any atom is 0.261 e. The molecule has 0 radical (unpaired) electrons. The van der Waals surface area contributed by atoms with Gasteiger partial charge in [-0.15, -0.1) is 22.9 Å². The maximum absolute atomic E-state index is 11.6. The van der Waals surface area contributed by atoms with Crippen molar-refractivity contribution in [3.8, 4) is 0 Å². The van der Waals surface area contributed by atoms with Gasteiger partial charge in [0.2, 0.25) is 0 Å². The van der Waals surface area contributed by atoms with Gasteiger partial charge in [-0.1, -0.05) is 0 Å². The van der Waals surface area contributed by atoms with Crippen molar-refractivity contribution in [2.75, 3.05) is 5.88 Å². The molecule has 0 saturated carbocycles. The highest BCUT2D eigenvalue weighted by atomic mass is 35.5. The Morgan fingerprint density at radius 1 is 1.64 bits per heavy atom. The molecule has 0 aliphatic carbocycles. The molecular weight excluding hydrogens is 218 g/mol. The van der Waals surface area contributed by atoms with Crippen molar-refractivity contribution in [1.82, 2.24) is 5.32 Å². The molecule has 1 heterocycles. The Kier molecular flexibility index (Phi) is 3.96. The van der Waals surface area contributed by atoms with E-state index in [1.54, 1.807) is 0 Å². The monoisotopic (exact) mass is 231 g/mol. The number of aryl methyl sites for hydroxylation is 2. The smallest absolute Gasteiger partial charge is 0.261 e. The van der Waals surface area contributed by atoms with Crippen LogP contribution in [-0.4, -0.2) is 17.8 Å². The summed E-state index contributed by atoms with van der Waals surface area (Å²) in [5.41, 5.74) is 1.17. The number of nitrogens with one attached hydrogen (secondary N) is 1. The summed E-state index contributed by atoms with van der Waals surface area (Å²) in [5.74, 6) is 0.411. The Balaban J connectivity index is 2.70. The molecular formula is C10H14ClNOS. The van der Waals surface area contributed by atoms with Gasteiger partial charge < -0.3 is 5.32 Å². The van der Waals surface area contributed by atoms with Gasteiger partial charge in [-0.25, -0.2) is 0 Å². The number of hydrogen-bond acceptors (Lipinski definition) is 2. The molecule has 1 rings (SSSR count). The summed E-state index contributed by atoms with van der Waals surface area (Å²) >= 11 is 7.13. The minimum Gasteiger partial charge on any atom is -0.348 e. The van der Waals surface area contributed by atoms with Gasteiger partial charge in [-0.3, -0.25) is 4.79 Å². The van der Waals surface area contributed by atoms with E-state index in [0.717, 1.165) is 4.88 Å². The minimum absolute atomic E-state index is 0.0203. The van der Waals surface area contributed by atoms with Gasteiger partial charge in [0.15, 0.2) is 0 Å². The van der Waals surface area contributed by atoms with Crippen molar-refractivity contribution in [2.45, 2.75) is 26.8 Å². The predicted molar refractivity (Wildman–Crippen MR) is 61.4 cm³/mol. The predicted octanol–water partition coefficient (Wildman–Crippen LogP) is 2.72. The van der Waals surface area contributed by atoms with E-state index in [4.69, 9.17) is 11.6 Å². The van der Waals surface area contributed by atoms with Gasteiger partial charge in [0, 0.05) is 16.8 Å². The zero-order valence-corrected chi connectivity index (χ0v) is 10.1. The van der Waals surface area contributed by atoms with E-state index in [2.05, 4.69) is 5.32 Å². The van der Waals surface area contributed by atoms with Gasteiger partial charge in [-0.05, 0) is 32.4 Å². The van der Waals surface area contributed by atoms with Crippen LogP contribution in [0.2, 0.25) is 0 Å². The van der Waals surface area contributed by atoms with Crippen LogP contribution in [0.15, 0.2) is 6.07 Å². The Labute approximate surface area is 93.3 Å². The van der Waals surface area contributed by atoms with Crippen molar-refractivity contribution in [2.24, 2.45) is 0 Å². The highest BCUT2D eigenvalue weighted by molar-refractivity contribution is 7.14. The van der Waals surface area contributed by atoms with Crippen molar-refractivity contribution in [3.05, 3.63) is 21.4 Å². The Hall–Kier alpha value is -0.540. The molecule has 0 bridgehead atoms. The molecule has 0 spiro atoms. The van der Waals surface area contributed by atoms with E-state index in [0.29, 0.717) is 5.88 Å². The molecule has 0 aromatic carbocycles. The van der Waals surface area contributed by atoms with Gasteiger partial charge >= 0.3 is 0 Å². The summed E-state index contributed by atoms with van der Waals surface area (Å²) in [5, 5.41) is 2.83. The normalized spacial score (nSPS) is 12.6. The summed E-state index contributed by atoms with van der Waals surface area (Å²) in [4.78, 5) is 13.6. The molecule has 1 aromatic rings. The average Bonchev–Trinajstić information content (AvgIpc) is 2.47. The van der Waals surface area contributed by atoms with Crippen LogP contribution >= 0.6 is 22.9 Å². The number of halogens is 1. The lowest BCUT2D eigenvalue weighted by molar-refractivity contribution is 0.0947. The number of amides is 1. The quantitative estimate of drug-likeness (QED) is 0.797. The number of thiophene rings is 1. The Bertz CT molecular complexity index is 315. The van der Waals surface area contributed by atoms with Crippen molar-refractivity contribution >= 4 is 28.8 Å². The number of carbonyl (C=O) groups is 1. The first-order chi connectivity index (χ1) is 6.54. The summed E-state index contributed by atoms with van der Waals surface area (Å²) in [6.07, 6.45) is 0. The summed E-state index contributed by atoms with van der Waals surface area (Å²) < 4.78 is 0.